The number of carboxylic acid groups (broad SMARTS) is 2. The summed E-state index contributed by atoms with van der Waals surface area (Å²) < 4.78 is 5.33. The van der Waals surface area contributed by atoms with E-state index in [4.69, 9.17) is 33.5 Å². The van der Waals surface area contributed by atoms with E-state index in [9.17, 15) is 88.2 Å². The largest absolute Gasteiger partial charge is 0.481 e. The maximum Gasteiger partial charge on any atom is 0.335 e. The number of alkyl halides is 1. The number of aliphatic hydroxyl groups is 4. The Bertz CT molecular complexity index is 2580. The van der Waals surface area contributed by atoms with Crippen LogP contribution in [0.4, 0.5) is 0 Å². The van der Waals surface area contributed by atoms with Gasteiger partial charge in [-0.2, -0.15) is 0 Å². The Morgan fingerprint density at radius 3 is 1.71 bits per heavy atom. The van der Waals surface area contributed by atoms with Crippen LogP contribution >= 0.6 is 11.6 Å². The van der Waals surface area contributed by atoms with Crippen LogP contribution in [0.15, 0.2) is 36.0 Å². The molecule has 0 saturated carbocycles. The number of aliphatic hydroxyl groups excluding tert-OH is 4. The summed E-state index contributed by atoms with van der Waals surface area (Å²) in [6.07, 6.45) is 2.23. The minimum absolute atomic E-state index is 0.118. The quantitative estimate of drug-likeness (QED) is 0.0156. The fourth-order valence-electron chi connectivity index (χ4n) is 9.29. The van der Waals surface area contributed by atoms with Gasteiger partial charge in [0.05, 0.1) is 37.0 Å². The molecule has 21 N–H and O–H groups in total. The lowest BCUT2D eigenvalue weighted by Gasteiger charge is -2.28. The van der Waals surface area contributed by atoms with Crippen LogP contribution in [0, 0.1) is 0 Å². The average molecular weight is 1300 g/mol. The van der Waals surface area contributed by atoms with Gasteiger partial charge in [0.15, 0.2) is 12.1 Å². The number of benzene rings is 1. The molecule has 1 aromatic rings. The maximum absolute atomic E-state index is 14.3. The van der Waals surface area contributed by atoms with Gasteiger partial charge in [0.25, 0.3) is 5.91 Å². The molecule has 1 unspecified atom stereocenters. The summed E-state index contributed by atoms with van der Waals surface area (Å²) in [6.45, 7) is 2.61. The van der Waals surface area contributed by atoms with Crippen molar-refractivity contribution in [2.45, 2.75) is 209 Å². The monoisotopic (exact) mass is 1300 g/mol. The zero-order valence-electron chi connectivity index (χ0n) is 51.2. The second-order valence-corrected chi connectivity index (χ2v) is 22.1. The smallest absolute Gasteiger partial charge is 0.335 e. The first-order valence-electron chi connectivity index (χ1n) is 30.3. The average Bonchev–Trinajstić information content (AvgIpc) is 1.57. The number of esters is 1. The Morgan fingerprint density at radius 2 is 1.18 bits per heavy atom. The van der Waals surface area contributed by atoms with Crippen molar-refractivity contribution < 1.29 is 92.9 Å². The number of cyclic esters (lactones) is 1. The lowest BCUT2D eigenvalue weighted by Crippen LogP contribution is -2.62. The van der Waals surface area contributed by atoms with Gasteiger partial charge in [0.1, 0.15) is 54.6 Å². The van der Waals surface area contributed by atoms with E-state index in [-0.39, 0.29) is 45.3 Å². The van der Waals surface area contributed by atoms with Gasteiger partial charge in [-0.15, -0.1) is 11.6 Å². The fraction of sp³-hybridized carbons (Fsp3) is 0.655. The molecule has 1 fully saturated rings. The molecule has 12 atom stereocenters. The Kier molecular flexibility index (Phi) is 37.2. The van der Waals surface area contributed by atoms with Crippen LogP contribution in [0.1, 0.15) is 147 Å². The second kappa shape index (κ2) is 42.6. The normalized spacial score (nSPS) is 23.5. The molecule has 2 rings (SSSR count). The number of rotatable bonds is 30. The summed E-state index contributed by atoms with van der Waals surface area (Å²) in [4.78, 5) is 164. The van der Waals surface area contributed by atoms with E-state index in [0.717, 1.165) is 50.7 Å². The number of carboxylic acids is 2. The maximum atomic E-state index is 14.3. The number of halogens is 1. The molecule has 90 heavy (non-hydrogen) atoms. The highest BCUT2D eigenvalue weighted by molar-refractivity contribution is 6.18. The lowest BCUT2D eigenvalue weighted by atomic mass is 9.99. The van der Waals surface area contributed by atoms with Crippen molar-refractivity contribution in [3.8, 4) is 0 Å². The Morgan fingerprint density at radius 1 is 0.644 bits per heavy atom. The number of allylic oxidation sites excluding steroid dienone is 1. The van der Waals surface area contributed by atoms with Crippen LogP contribution in [0.5, 0.6) is 0 Å². The molecule has 32 heteroatoms. The zero-order chi connectivity index (χ0) is 67.5. The third-order valence-corrected chi connectivity index (χ3v) is 14.7. The number of aryl methyl sites for hydroxylation is 1. The minimum atomic E-state index is -2.84. The predicted molar refractivity (Wildman–Crippen MR) is 324 cm³/mol. The van der Waals surface area contributed by atoms with Gasteiger partial charge in [-0.1, -0.05) is 95.1 Å². The topological polar surface area (TPSA) is 522 Å². The molecule has 1 heterocycles. The number of nitrogens with one attached hydrogen (secondary N) is 9. The molecule has 0 aliphatic carbocycles. The first-order valence-corrected chi connectivity index (χ1v) is 30.8. The molecular weight excluding hydrogens is 1200 g/mol. The van der Waals surface area contributed by atoms with Gasteiger partial charge >= 0.3 is 17.9 Å². The highest BCUT2D eigenvalue weighted by Gasteiger charge is 2.41. The molecule has 0 aromatic heterocycles. The molecular formula is C58H93ClN12O19. The standard InChI is InChI=1S/C58H93ClN12O19/c1-4-6-7-8-9-10-11-12-13-14-18-33-19-17-20-34(27-33)41(73)29-43(75)63-40-31-90-58(89)46(42(74)30-59)70-56(86)47(48(78)57(87)88)71-49(79)35(5-2)64-55(85)45(32(3)72)69-52(82)38(23-26-62)66-50(80)36(21-15-16-24-60)65-53(83)39(28-44(76)77)68-51(81)37(22-25-61)67-54(40)84/h5,17,19-20,27,32,36-42,45-48,72-74,78H,4,6-16,18,21-26,28-31,60-62H2,1-3H3,(H,63,75)(H,64,85)(H,65,83)(H,66,80)(H,67,84)(H,68,81)(H,69,82)(H,70,86)(H,71,79)(H,76,77)(H,87,88)/b35-5-/t32-,36-,37+,38-,39-,40-,41?,42+,45-,46-,47-,48-/m0/s1. The number of carbonyl (C=O) groups is 12. The van der Waals surface area contributed by atoms with Gasteiger partial charge in [0.2, 0.25) is 47.3 Å². The number of aliphatic carboxylic acids is 2. The SMILES string of the molecule is C/C=C1\NC(=O)[C@H]([C@H](C)O)NC(=O)[C@H](CCN)NC(=O)[C@H](CCCCN)NC(=O)[C@H](CC(=O)O)NC(=O)[C@@H](CCN)NC(=O)[C@@H](NC(=O)CC(O)c2cccc(CCCCCCCCCCCC)c2)COC(=O)[C@H]([C@H](O)CCl)NC(=O)[C@H]([C@H](O)C(=O)O)NC1=O. The summed E-state index contributed by atoms with van der Waals surface area (Å²) in [6, 6.07) is -9.12. The van der Waals surface area contributed by atoms with Crippen molar-refractivity contribution in [3.05, 3.63) is 47.2 Å². The first-order chi connectivity index (χ1) is 42.8. The molecule has 0 spiro atoms. The van der Waals surface area contributed by atoms with Crippen LogP contribution in [0.3, 0.4) is 0 Å². The van der Waals surface area contributed by atoms with E-state index in [1.165, 1.54) is 39.0 Å². The van der Waals surface area contributed by atoms with Crippen molar-refractivity contribution in [2.24, 2.45) is 17.2 Å². The van der Waals surface area contributed by atoms with Crippen LogP contribution in [-0.2, 0) is 68.7 Å². The van der Waals surface area contributed by atoms with E-state index < -0.39 is 181 Å². The number of hydrogen-bond acceptors (Lipinski definition) is 20. The van der Waals surface area contributed by atoms with E-state index in [1.807, 2.05) is 16.7 Å². The zero-order valence-corrected chi connectivity index (χ0v) is 51.9. The number of unbranched alkanes of at least 4 members (excludes halogenated alkanes) is 10. The Hall–Kier alpha value is -7.39. The first kappa shape index (κ1) is 78.7. The van der Waals surface area contributed by atoms with Gasteiger partial charge in [-0.25, -0.2) is 9.59 Å². The molecule has 1 aliphatic rings. The third-order valence-electron chi connectivity index (χ3n) is 14.4. The van der Waals surface area contributed by atoms with E-state index in [0.29, 0.717) is 12.0 Å². The molecule has 1 aromatic carbocycles. The van der Waals surface area contributed by atoms with Gasteiger partial charge < -0.3 is 100 Å². The summed E-state index contributed by atoms with van der Waals surface area (Å²) in [5.74, 6) is -17.9. The number of ether oxygens (including phenoxy) is 1. The van der Waals surface area contributed by atoms with E-state index >= 15 is 0 Å². The Balaban J connectivity index is 2.75. The van der Waals surface area contributed by atoms with Crippen LogP contribution in [0.25, 0.3) is 0 Å². The number of nitrogens with two attached hydrogens (primary N) is 3. The minimum Gasteiger partial charge on any atom is -0.481 e. The molecule has 9 amide bonds. The Labute approximate surface area is 527 Å². The van der Waals surface area contributed by atoms with Crippen LogP contribution in [-0.4, -0.2) is 200 Å². The molecule has 506 valence electrons. The van der Waals surface area contributed by atoms with E-state index in [2.05, 4.69) is 44.1 Å². The van der Waals surface area contributed by atoms with Crippen LogP contribution < -0.4 is 65.1 Å². The molecule has 1 aliphatic heterocycles. The summed E-state index contributed by atoms with van der Waals surface area (Å²) in [7, 11) is 0. The molecule has 1 saturated heterocycles. The van der Waals surface area contributed by atoms with Gasteiger partial charge in [-0.3, -0.25) is 47.9 Å². The summed E-state index contributed by atoms with van der Waals surface area (Å²) >= 11 is 5.89. The third kappa shape index (κ3) is 28.2. The summed E-state index contributed by atoms with van der Waals surface area (Å²) in [5.41, 5.74) is 17.7. The number of amides is 9. The van der Waals surface area contributed by atoms with Crippen molar-refractivity contribution in [2.75, 3.05) is 32.1 Å². The summed E-state index contributed by atoms with van der Waals surface area (Å²) in [5, 5.41) is 83.1. The van der Waals surface area contributed by atoms with Crippen molar-refractivity contribution in [3.63, 3.8) is 0 Å². The lowest BCUT2D eigenvalue weighted by molar-refractivity contribution is -0.155. The number of carbonyl (C=O) groups excluding carboxylic acids is 10. The molecule has 0 radical (unpaired) electrons. The fourth-order valence-corrected chi connectivity index (χ4v) is 9.46. The second-order valence-electron chi connectivity index (χ2n) is 21.8. The predicted octanol–water partition coefficient (Wildman–Crippen LogP) is -3.24. The van der Waals surface area contributed by atoms with Crippen LogP contribution in [0.2, 0.25) is 0 Å². The van der Waals surface area contributed by atoms with Gasteiger partial charge in [-0.05, 0) is 89.6 Å². The number of hydrogen-bond donors (Lipinski definition) is 18. The van der Waals surface area contributed by atoms with Crippen molar-refractivity contribution >= 4 is 82.7 Å². The van der Waals surface area contributed by atoms with Gasteiger partial charge in [0, 0.05) is 0 Å². The highest BCUT2D eigenvalue weighted by Crippen LogP contribution is 2.21. The molecule has 0 bridgehead atoms. The van der Waals surface area contributed by atoms with E-state index in [1.54, 1.807) is 18.2 Å². The van der Waals surface area contributed by atoms with Crippen molar-refractivity contribution in [1.29, 1.82) is 0 Å². The molecule has 31 nitrogen and oxygen atoms in total. The highest BCUT2D eigenvalue weighted by atomic mass is 35.5. The van der Waals surface area contributed by atoms with Crippen molar-refractivity contribution in [1.82, 2.24) is 47.9 Å².